The second-order valence-corrected chi connectivity index (χ2v) is 9.95. The van der Waals surface area contributed by atoms with Crippen molar-refractivity contribution in [2.24, 2.45) is 18.9 Å². The molecular formula is C22H28N2O4S. The first-order valence-corrected chi connectivity index (χ1v) is 11.3. The van der Waals surface area contributed by atoms with Gasteiger partial charge in [-0.15, -0.1) is 0 Å². The second-order valence-electron chi connectivity index (χ2n) is 8.24. The summed E-state index contributed by atoms with van der Waals surface area (Å²) in [6, 6.07) is 12.2. The van der Waals surface area contributed by atoms with Crippen LogP contribution in [-0.2, 0) is 23.5 Å². The Morgan fingerprint density at radius 3 is 2.28 bits per heavy atom. The topological polar surface area (TPSA) is 81.3 Å². The van der Waals surface area contributed by atoms with Crippen molar-refractivity contribution in [1.29, 1.82) is 0 Å². The van der Waals surface area contributed by atoms with Crippen LogP contribution < -0.4 is 10.5 Å². The van der Waals surface area contributed by atoms with Gasteiger partial charge in [-0.05, 0) is 41.5 Å². The van der Waals surface area contributed by atoms with Crippen LogP contribution in [0.15, 0.2) is 56.6 Å². The summed E-state index contributed by atoms with van der Waals surface area (Å²) >= 11 is 0. The van der Waals surface area contributed by atoms with Crippen molar-refractivity contribution in [3.05, 3.63) is 64.1 Å². The standard InChI is InChI=1S/C22H28N2O4S/c1-14(2)12-16-6-8-17(9-7-16)21(15(3)4)23-29(26,27)18-10-11-19-20(13-18)28-22(25)24(19)5/h6-11,13-15,21,23H,12H2,1-5H3/t21-/m1/s1. The molecule has 0 saturated carbocycles. The Bertz CT molecular complexity index is 1160. The van der Waals surface area contributed by atoms with Crippen molar-refractivity contribution < 1.29 is 12.8 Å². The predicted octanol–water partition coefficient (Wildman–Crippen LogP) is 4.01. The molecule has 1 heterocycles. The molecule has 0 aliphatic rings. The van der Waals surface area contributed by atoms with Crippen molar-refractivity contribution in [2.75, 3.05) is 0 Å². The maximum Gasteiger partial charge on any atom is 0.419 e. The number of aromatic nitrogens is 1. The molecule has 1 aromatic heterocycles. The van der Waals surface area contributed by atoms with Crippen LogP contribution in [0.1, 0.15) is 44.9 Å². The van der Waals surface area contributed by atoms with Gasteiger partial charge in [0.25, 0.3) is 0 Å². The first-order valence-electron chi connectivity index (χ1n) is 9.79. The predicted molar refractivity (Wildman–Crippen MR) is 114 cm³/mol. The number of hydrogen-bond donors (Lipinski definition) is 1. The number of nitrogens with one attached hydrogen (secondary N) is 1. The minimum atomic E-state index is -3.80. The molecule has 0 spiro atoms. The number of hydrogen-bond acceptors (Lipinski definition) is 4. The molecule has 0 aliphatic carbocycles. The average Bonchev–Trinajstić information content (AvgIpc) is 2.93. The second kappa shape index (κ2) is 8.16. The van der Waals surface area contributed by atoms with Crippen molar-refractivity contribution in [2.45, 2.75) is 45.1 Å². The molecule has 0 bridgehead atoms. The molecule has 0 amide bonds. The van der Waals surface area contributed by atoms with E-state index in [9.17, 15) is 13.2 Å². The van der Waals surface area contributed by atoms with Gasteiger partial charge >= 0.3 is 5.76 Å². The van der Waals surface area contributed by atoms with Crippen LogP contribution in [0.4, 0.5) is 0 Å². The van der Waals surface area contributed by atoms with Crippen molar-refractivity contribution >= 4 is 21.1 Å². The van der Waals surface area contributed by atoms with Gasteiger partial charge in [0.15, 0.2) is 5.58 Å². The zero-order valence-corrected chi connectivity index (χ0v) is 18.3. The fourth-order valence-corrected chi connectivity index (χ4v) is 4.83. The van der Waals surface area contributed by atoms with Gasteiger partial charge in [-0.2, -0.15) is 0 Å². The van der Waals surface area contributed by atoms with E-state index >= 15 is 0 Å². The first kappa shape index (κ1) is 21.3. The van der Waals surface area contributed by atoms with Crippen molar-refractivity contribution in [1.82, 2.24) is 9.29 Å². The molecule has 29 heavy (non-hydrogen) atoms. The zero-order chi connectivity index (χ0) is 21.3. The maximum atomic E-state index is 13.0. The highest BCUT2D eigenvalue weighted by atomic mass is 32.2. The van der Waals surface area contributed by atoms with Crippen LogP contribution in [0.5, 0.6) is 0 Å². The lowest BCUT2D eigenvalue weighted by Crippen LogP contribution is -2.31. The van der Waals surface area contributed by atoms with E-state index in [1.807, 2.05) is 26.0 Å². The summed E-state index contributed by atoms with van der Waals surface area (Å²) in [6.07, 6.45) is 0.987. The van der Waals surface area contributed by atoms with E-state index in [1.54, 1.807) is 13.1 Å². The fourth-order valence-electron chi connectivity index (χ4n) is 3.44. The van der Waals surface area contributed by atoms with E-state index in [1.165, 1.54) is 22.3 Å². The summed E-state index contributed by atoms with van der Waals surface area (Å²) < 4.78 is 35.4. The van der Waals surface area contributed by atoms with Crippen LogP contribution >= 0.6 is 0 Å². The molecule has 1 atom stereocenters. The lowest BCUT2D eigenvalue weighted by molar-refractivity contribution is 0.463. The summed E-state index contributed by atoms with van der Waals surface area (Å²) in [7, 11) is -2.22. The smallest absolute Gasteiger partial charge is 0.408 e. The van der Waals surface area contributed by atoms with Gasteiger partial charge in [-0.1, -0.05) is 52.0 Å². The summed E-state index contributed by atoms with van der Waals surface area (Å²) in [5.74, 6) is 0.0939. The number of rotatable bonds is 7. The van der Waals surface area contributed by atoms with E-state index in [-0.39, 0.29) is 22.4 Å². The Morgan fingerprint density at radius 1 is 1.03 bits per heavy atom. The number of sulfonamides is 1. The van der Waals surface area contributed by atoms with E-state index in [2.05, 4.69) is 30.7 Å². The Hall–Kier alpha value is -2.38. The molecule has 0 unspecified atom stereocenters. The summed E-state index contributed by atoms with van der Waals surface area (Å²) in [4.78, 5) is 11.7. The third-order valence-electron chi connectivity index (χ3n) is 5.01. The van der Waals surface area contributed by atoms with Gasteiger partial charge in [0.2, 0.25) is 10.0 Å². The summed E-state index contributed by atoms with van der Waals surface area (Å²) in [5, 5.41) is 0. The normalized spacial score (nSPS) is 13.5. The van der Waals surface area contributed by atoms with Gasteiger partial charge in [0, 0.05) is 19.2 Å². The minimum absolute atomic E-state index is 0.0547. The van der Waals surface area contributed by atoms with Crippen molar-refractivity contribution in [3.8, 4) is 0 Å². The van der Waals surface area contributed by atoms with Gasteiger partial charge in [0.05, 0.1) is 10.4 Å². The Labute approximate surface area is 171 Å². The van der Waals surface area contributed by atoms with E-state index < -0.39 is 15.8 Å². The molecule has 3 aromatic rings. The number of oxazole rings is 1. The largest absolute Gasteiger partial charge is 0.419 e. The van der Waals surface area contributed by atoms with Crippen LogP contribution in [0.2, 0.25) is 0 Å². The Kier molecular flexibility index (Phi) is 6.00. The molecule has 0 aliphatic heterocycles. The molecule has 1 N–H and O–H groups in total. The average molecular weight is 417 g/mol. The highest BCUT2D eigenvalue weighted by Crippen LogP contribution is 2.26. The fraction of sp³-hybridized carbons (Fsp3) is 0.409. The zero-order valence-electron chi connectivity index (χ0n) is 17.5. The molecule has 2 aromatic carbocycles. The molecule has 3 rings (SSSR count). The lowest BCUT2D eigenvalue weighted by Gasteiger charge is -2.23. The SMILES string of the molecule is CC(C)Cc1ccc([C@H](NS(=O)(=O)c2ccc3c(c2)oc(=O)n3C)C(C)C)cc1. The highest BCUT2D eigenvalue weighted by Gasteiger charge is 2.25. The number of fused-ring (bicyclic) bond motifs is 1. The summed E-state index contributed by atoms with van der Waals surface area (Å²) in [6.45, 7) is 8.30. The Morgan fingerprint density at radius 2 is 1.69 bits per heavy atom. The molecular weight excluding hydrogens is 388 g/mol. The molecule has 7 heteroatoms. The quantitative estimate of drug-likeness (QED) is 0.631. The molecule has 0 radical (unpaired) electrons. The number of benzene rings is 2. The number of aryl methyl sites for hydroxylation is 1. The molecule has 6 nitrogen and oxygen atoms in total. The minimum Gasteiger partial charge on any atom is -0.408 e. The molecule has 0 saturated heterocycles. The van der Waals surface area contributed by atoms with E-state index in [0.717, 1.165) is 12.0 Å². The lowest BCUT2D eigenvalue weighted by atomic mass is 9.94. The molecule has 156 valence electrons. The van der Waals surface area contributed by atoms with Gasteiger partial charge in [-0.25, -0.2) is 17.9 Å². The molecule has 0 fully saturated rings. The van der Waals surface area contributed by atoms with Crippen LogP contribution in [0, 0.1) is 11.8 Å². The van der Waals surface area contributed by atoms with Crippen LogP contribution in [-0.4, -0.2) is 13.0 Å². The maximum absolute atomic E-state index is 13.0. The third kappa shape index (κ3) is 4.62. The van der Waals surface area contributed by atoms with E-state index in [4.69, 9.17) is 4.42 Å². The van der Waals surface area contributed by atoms with Crippen LogP contribution in [0.25, 0.3) is 11.1 Å². The number of nitrogens with zero attached hydrogens (tertiary/aromatic N) is 1. The Balaban J connectivity index is 1.90. The van der Waals surface area contributed by atoms with Crippen molar-refractivity contribution in [3.63, 3.8) is 0 Å². The summed E-state index contributed by atoms with van der Waals surface area (Å²) in [5.41, 5.74) is 2.96. The monoisotopic (exact) mass is 416 g/mol. The first-order chi connectivity index (χ1) is 13.6. The third-order valence-corrected chi connectivity index (χ3v) is 6.44. The van der Waals surface area contributed by atoms with Gasteiger partial charge in [-0.3, -0.25) is 4.57 Å². The van der Waals surface area contributed by atoms with Crippen LogP contribution in [0.3, 0.4) is 0 Å². The highest BCUT2D eigenvalue weighted by molar-refractivity contribution is 7.89. The van der Waals surface area contributed by atoms with E-state index in [0.29, 0.717) is 11.4 Å². The van der Waals surface area contributed by atoms with Gasteiger partial charge in [0.1, 0.15) is 0 Å². The van der Waals surface area contributed by atoms with Gasteiger partial charge < -0.3 is 4.42 Å².